The minimum atomic E-state index is -0.446. The summed E-state index contributed by atoms with van der Waals surface area (Å²) in [4.78, 5) is 49.6. The topological polar surface area (TPSA) is 105 Å². The van der Waals surface area contributed by atoms with Crippen LogP contribution in [-0.2, 0) is 27.5 Å². The number of hydrogen-bond acceptors (Lipinski definition) is 6. The van der Waals surface area contributed by atoms with Crippen LogP contribution in [0.4, 0.5) is 11.4 Å². The summed E-state index contributed by atoms with van der Waals surface area (Å²) in [5, 5.41) is 4.21. The first kappa shape index (κ1) is 34.1. The zero-order chi connectivity index (χ0) is 34.2. The smallest absolute Gasteiger partial charge is 0.246 e. The van der Waals surface area contributed by atoms with E-state index in [1.54, 1.807) is 54.7 Å². The van der Waals surface area contributed by atoms with E-state index < -0.39 is 5.91 Å². The SMILES string of the molecule is CC(=O)N(Cc1cccnc1)c1ccc(C=CC(=O)NCC(=O)N(C)c2ccc(Cl)c(COc3cccc4ccc(C)nc34)c2Cl)cc1. The van der Waals surface area contributed by atoms with Crippen molar-refractivity contribution in [1.29, 1.82) is 0 Å². The number of nitrogens with one attached hydrogen (secondary N) is 1. The highest BCUT2D eigenvalue weighted by Crippen LogP contribution is 2.35. The van der Waals surface area contributed by atoms with E-state index in [1.807, 2.05) is 61.5 Å². The molecule has 2 heterocycles. The number of aryl methyl sites for hydroxylation is 1. The van der Waals surface area contributed by atoms with Crippen molar-refractivity contribution in [3.05, 3.63) is 130 Å². The summed E-state index contributed by atoms with van der Waals surface area (Å²) < 4.78 is 6.09. The van der Waals surface area contributed by atoms with Crippen molar-refractivity contribution >= 4 is 69.3 Å². The molecule has 3 aromatic carbocycles. The van der Waals surface area contributed by atoms with E-state index in [-0.39, 0.29) is 30.0 Å². The Morgan fingerprint density at radius 3 is 2.48 bits per heavy atom. The van der Waals surface area contributed by atoms with Gasteiger partial charge >= 0.3 is 0 Å². The molecule has 9 nitrogen and oxygen atoms in total. The first-order valence-corrected chi connectivity index (χ1v) is 15.8. The van der Waals surface area contributed by atoms with Crippen molar-refractivity contribution in [3.63, 3.8) is 0 Å². The van der Waals surface area contributed by atoms with Crippen LogP contribution >= 0.6 is 23.2 Å². The van der Waals surface area contributed by atoms with Crippen LogP contribution in [0.2, 0.25) is 10.0 Å². The second-order valence-electron chi connectivity index (χ2n) is 11.0. The van der Waals surface area contributed by atoms with Gasteiger partial charge in [-0.15, -0.1) is 0 Å². The summed E-state index contributed by atoms with van der Waals surface area (Å²) in [6, 6.07) is 23.8. The monoisotopic (exact) mass is 681 g/mol. The summed E-state index contributed by atoms with van der Waals surface area (Å²) >= 11 is 13.2. The highest BCUT2D eigenvalue weighted by molar-refractivity contribution is 6.38. The van der Waals surface area contributed by atoms with E-state index in [2.05, 4.69) is 15.3 Å². The van der Waals surface area contributed by atoms with Gasteiger partial charge in [0.1, 0.15) is 17.9 Å². The van der Waals surface area contributed by atoms with Gasteiger partial charge in [0.25, 0.3) is 0 Å². The molecule has 0 atom stereocenters. The molecular weight excluding hydrogens is 649 g/mol. The molecule has 0 unspecified atom stereocenters. The van der Waals surface area contributed by atoms with E-state index in [0.29, 0.717) is 28.6 Å². The number of pyridine rings is 2. The third-order valence-corrected chi connectivity index (χ3v) is 8.36. The van der Waals surface area contributed by atoms with Gasteiger partial charge in [-0.05, 0) is 66.6 Å². The van der Waals surface area contributed by atoms with E-state index in [0.717, 1.165) is 33.4 Å². The molecule has 244 valence electrons. The van der Waals surface area contributed by atoms with Gasteiger partial charge in [0.15, 0.2) is 0 Å². The number of amides is 3. The van der Waals surface area contributed by atoms with Crippen molar-refractivity contribution in [2.24, 2.45) is 0 Å². The second kappa shape index (κ2) is 15.6. The van der Waals surface area contributed by atoms with E-state index in [1.165, 1.54) is 17.9 Å². The maximum Gasteiger partial charge on any atom is 0.246 e. The van der Waals surface area contributed by atoms with Crippen LogP contribution in [0.15, 0.2) is 97.3 Å². The minimum Gasteiger partial charge on any atom is -0.487 e. The van der Waals surface area contributed by atoms with Crippen LogP contribution in [0.25, 0.3) is 17.0 Å². The Bertz CT molecular complexity index is 1980. The van der Waals surface area contributed by atoms with Crippen LogP contribution < -0.4 is 19.9 Å². The molecule has 0 bridgehead atoms. The zero-order valence-corrected chi connectivity index (χ0v) is 28.1. The normalized spacial score (nSPS) is 11.0. The molecular formula is C37H33Cl2N5O4. The third-order valence-electron chi connectivity index (χ3n) is 7.58. The van der Waals surface area contributed by atoms with Crippen molar-refractivity contribution in [2.75, 3.05) is 23.4 Å². The quantitative estimate of drug-likeness (QED) is 0.148. The zero-order valence-electron chi connectivity index (χ0n) is 26.6. The Morgan fingerprint density at radius 2 is 1.75 bits per heavy atom. The third kappa shape index (κ3) is 8.36. The number of ether oxygens (including phenoxy) is 1. The van der Waals surface area contributed by atoms with Crippen LogP contribution in [-0.4, -0.2) is 41.3 Å². The highest BCUT2D eigenvalue weighted by atomic mass is 35.5. The number of likely N-dealkylation sites (N-methyl/N-ethyl adjacent to an activating group) is 1. The first-order chi connectivity index (χ1) is 23.1. The minimum absolute atomic E-state index is 0.0576. The maximum absolute atomic E-state index is 13.0. The standard InChI is InChI=1S/C37H33Cl2N5O4/c1-24-9-13-28-7-4-8-33(37(28)42-24)48-23-30-31(38)16-17-32(36(30)39)43(3)35(47)21-41-34(46)18-12-26-10-14-29(15-11-26)44(25(2)45)22-27-6-5-19-40-20-27/h4-20H,21-23H2,1-3H3,(H,41,46). The fourth-order valence-corrected chi connectivity index (χ4v) is 5.54. The Morgan fingerprint density at radius 1 is 0.958 bits per heavy atom. The molecule has 48 heavy (non-hydrogen) atoms. The Balaban J connectivity index is 1.18. The molecule has 0 spiro atoms. The number of halogens is 2. The molecule has 5 rings (SSSR count). The van der Waals surface area contributed by atoms with Gasteiger partial charge in [-0.25, -0.2) is 4.98 Å². The number of hydrogen-bond donors (Lipinski definition) is 1. The lowest BCUT2D eigenvalue weighted by atomic mass is 10.1. The van der Waals surface area contributed by atoms with Gasteiger partial charge in [0.05, 0.1) is 23.8 Å². The van der Waals surface area contributed by atoms with E-state index in [4.69, 9.17) is 27.9 Å². The molecule has 0 saturated carbocycles. The second-order valence-corrected chi connectivity index (χ2v) is 11.8. The van der Waals surface area contributed by atoms with Gasteiger partial charge in [-0.1, -0.05) is 59.6 Å². The van der Waals surface area contributed by atoms with Gasteiger partial charge in [0, 0.05) is 59.8 Å². The Hall–Kier alpha value is -5.25. The number of anilines is 2. The molecule has 2 aromatic heterocycles. The van der Waals surface area contributed by atoms with E-state index >= 15 is 0 Å². The molecule has 0 aliphatic rings. The fourth-order valence-electron chi connectivity index (χ4n) is 4.93. The van der Waals surface area contributed by atoms with Gasteiger partial charge in [0.2, 0.25) is 17.7 Å². The Kier molecular flexibility index (Phi) is 11.1. The number of rotatable bonds is 11. The van der Waals surface area contributed by atoms with Crippen molar-refractivity contribution in [1.82, 2.24) is 15.3 Å². The lowest BCUT2D eigenvalue weighted by Gasteiger charge is -2.21. The summed E-state index contributed by atoms with van der Waals surface area (Å²) in [5.74, 6) is -0.347. The van der Waals surface area contributed by atoms with Crippen LogP contribution in [0.5, 0.6) is 5.75 Å². The van der Waals surface area contributed by atoms with Gasteiger partial charge in [-0.2, -0.15) is 0 Å². The molecule has 3 amide bonds. The number of para-hydroxylation sites is 1. The summed E-state index contributed by atoms with van der Waals surface area (Å²) in [5.41, 5.74) is 4.91. The van der Waals surface area contributed by atoms with Crippen molar-refractivity contribution < 1.29 is 19.1 Å². The van der Waals surface area contributed by atoms with Gasteiger partial charge in [-0.3, -0.25) is 19.4 Å². The average molecular weight is 683 g/mol. The van der Waals surface area contributed by atoms with Crippen LogP contribution in [0, 0.1) is 6.92 Å². The number of aromatic nitrogens is 2. The largest absolute Gasteiger partial charge is 0.487 e. The fraction of sp³-hybridized carbons (Fsp3) is 0.162. The summed E-state index contributed by atoms with van der Waals surface area (Å²) in [6.45, 7) is 3.61. The number of carbonyl (C=O) groups excluding carboxylic acids is 3. The highest BCUT2D eigenvalue weighted by Gasteiger charge is 2.19. The average Bonchev–Trinajstić information content (AvgIpc) is 3.09. The number of carbonyl (C=O) groups is 3. The molecule has 0 aliphatic heterocycles. The van der Waals surface area contributed by atoms with Crippen molar-refractivity contribution in [3.8, 4) is 5.75 Å². The molecule has 0 aliphatic carbocycles. The maximum atomic E-state index is 13.0. The number of benzene rings is 3. The summed E-state index contributed by atoms with van der Waals surface area (Å²) in [6.07, 6.45) is 6.37. The number of fused-ring (bicyclic) bond motifs is 1. The van der Waals surface area contributed by atoms with Crippen LogP contribution in [0.3, 0.4) is 0 Å². The van der Waals surface area contributed by atoms with Crippen LogP contribution in [0.1, 0.15) is 29.3 Å². The predicted molar refractivity (Wildman–Crippen MR) is 190 cm³/mol. The molecule has 5 aromatic rings. The van der Waals surface area contributed by atoms with Gasteiger partial charge < -0.3 is 19.9 Å². The lowest BCUT2D eigenvalue weighted by molar-refractivity contribution is -0.122. The van der Waals surface area contributed by atoms with Crippen molar-refractivity contribution in [2.45, 2.75) is 27.0 Å². The molecule has 0 fully saturated rings. The predicted octanol–water partition coefficient (Wildman–Crippen LogP) is 7.17. The molecule has 0 saturated heterocycles. The number of nitrogens with zero attached hydrogens (tertiary/aromatic N) is 4. The molecule has 1 N–H and O–H groups in total. The molecule has 0 radical (unpaired) electrons. The summed E-state index contributed by atoms with van der Waals surface area (Å²) in [7, 11) is 1.57. The molecule has 11 heteroatoms. The Labute approximate surface area is 288 Å². The first-order valence-electron chi connectivity index (χ1n) is 15.1. The lowest BCUT2D eigenvalue weighted by Crippen LogP contribution is -2.37. The van der Waals surface area contributed by atoms with E-state index in [9.17, 15) is 14.4 Å².